The molecule has 0 aliphatic carbocycles. The van der Waals surface area contributed by atoms with Gasteiger partial charge in [0, 0.05) is 5.75 Å². The van der Waals surface area contributed by atoms with Crippen LogP contribution in [0.1, 0.15) is 31.2 Å². The van der Waals surface area contributed by atoms with Crippen molar-refractivity contribution < 1.29 is 4.42 Å². The van der Waals surface area contributed by atoms with E-state index in [-0.39, 0.29) is 0 Å². The third-order valence-electron chi connectivity index (χ3n) is 2.16. The number of thioether (sulfide) groups is 1. The van der Waals surface area contributed by atoms with E-state index in [4.69, 9.17) is 4.42 Å². The predicted molar refractivity (Wildman–Crippen MR) is 64.5 cm³/mol. The van der Waals surface area contributed by atoms with Gasteiger partial charge in [0.15, 0.2) is 0 Å². The van der Waals surface area contributed by atoms with Crippen molar-refractivity contribution in [3.8, 4) is 0 Å². The molecule has 0 atom stereocenters. The summed E-state index contributed by atoms with van der Waals surface area (Å²) >= 11 is 1.70. The number of hydrogen-bond donors (Lipinski definition) is 1. The second kappa shape index (κ2) is 6.90. The normalized spacial score (nSPS) is 10.9. The number of nitrogens with zero attached hydrogens (tertiary/aromatic N) is 1. The maximum absolute atomic E-state index is 5.47. The summed E-state index contributed by atoms with van der Waals surface area (Å²) in [6.45, 7) is 8.31. The maximum atomic E-state index is 5.47. The summed E-state index contributed by atoms with van der Waals surface area (Å²) in [6.07, 6.45) is 2.36. The van der Waals surface area contributed by atoms with Crippen molar-refractivity contribution in [2.24, 2.45) is 0 Å². The number of aromatic nitrogens is 1. The number of rotatable bonds is 7. The number of hydrogen-bond acceptors (Lipinski definition) is 4. The van der Waals surface area contributed by atoms with E-state index in [0.717, 1.165) is 41.9 Å². The van der Waals surface area contributed by atoms with Crippen molar-refractivity contribution in [2.45, 2.75) is 38.8 Å². The van der Waals surface area contributed by atoms with Crippen LogP contribution >= 0.6 is 11.8 Å². The quantitative estimate of drug-likeness (QED) is 0.575. The van der Waals surface area contributed by atoms with Crippen molar-refractivity contribution >= 4 is 11.8 Å². The smallest absolute Gasteiger partial charge is 0.256 e. The van der Waals surface area contributed by atoms with E-state index in [1.54, 1.807) is 11.8 Å². The van der Waals surface area contributed by atoms with Gasteiger partial charge < -0.3 is 9.73 Å². The van der Waals surface area contributed by atoms with Crippen LogP contribution in [0.2, 0.25) is 0 Å². The number of oxazole rings is 1. The Balaban J connectivity index is 2.10. The lowest BCUT2D eigenvalue weighted by molar-refractivity contribution is 0.431. The second-order valence-corrected chi connectivity index (χ2v) is 4.62. The van der Waals surface area contributed by atoms with Crippen LogP contribution in [0.3, 0.4) is 0 Å². The van der Waals surface area contributed by atoms with Crippen LogP contribution in [0.5, 0.6) is 0 Å². The van der Waals surface area contributed by atoms with Gasteiger partial charge in [0.1, 0.15) is 5.76 Å². The summed E-state index contributed by atoms with van der Waals surface area (Å²) in [7, 11) is 0. The van der Waals surface area contributed by atoms with E-state index < -0.39 is 0 Å². The summed E-state index contributed by atoms with van der Waals surface area (Å²) in [6, 6.07) is 0. The molecule has 0 aliphatic rings. The lowest BCUT2D eigenvalue weighted by Crippen LogP contribution is -2.16. The molecule has 15 heavy (non-hydrogen) atoms. The largest absolute Gasteiger partial charge is 0.437 e. The van der Waals surface area contributed by atoms with Gasteiger partial charge in [-0.15, -0.1) is 0 Å². The third kappa shape index (κ3) is 4.71. The van der Waals surface area contributed by atoms with Gasteiger partial charge in [0.05, 0.1) is 5.69 Å². The first-order valence-corrected chi connectivity index (χ1v) is 6.50. The van der Waals surface area contributed by atoms with Crippen LogP contribution in [0.15, 0.2) is 9.64 Å². The fourth-order valence-electron chi connectivity index (χ4n) is 1.16. The van der Waals surface area contributed by atoms with Crippen molar-refractivity contribution in [1.82, 2.24) is 10.3 Å². The minimum Gasteiger partial charge on any atom is -0.437 e. The Bertz CT molecular complexity index is 267. The average molecular weight is 228 g/mol. The second-order valence-electron chi connectivity index (χ2n) is 3.57. The monoisotopic (exact) mass is 228 g/mol. The zero-order chi connectivity index (χ0) is 11.1. The Morgan fingerprint density at radius 3 is 2.73 bits per heavy atom. The SMILES string of the molecule is CCCNCCCSc1nc(C)c(C)o1. The van der Waals surface area contributed by atoms with Crippen molar-refractivity contribution in [3.05, 3.63) is 11.5 Å². The molecule has 1 N–H and O–H groups in total. The van der Waals surface area contributed by atoms with Gasteiger partial charge in [-0.3, -0.25) is 0 Å². The molecule has 1 rings (SSSR count). The fourth-order valence-corrected chi connectivity index (χ4v) is 2.01. The molecule has 0 saturated heterocycles. The summed E-state index contributed by atoms with van der Waals surface area (Å²) in [5.41, 5.74) is 1.00. The van der Waals surface area contributed by atoms with Crippen molar-refractivity contribution in [1.29, 1.82) is 0 Å². The standard InChI is InChI=1S/C11H20N2OS/c1-4-6-12-7-5-8-15-11-13-9(2)10(3)14-11/h12H,4-8H2,1-3H3. The highest BCUT2D eigenvalue weighted by Crippen LogP contribution is 2.20. The number of nitrogens with one attached hydrogen (secondary N) is 1. The molecule has 0 amide bonds. The van der Waals surface area contributed by atoms with Crippen LogP contribution < -0.4 is 5.32 Å². The molecule has 86 valence electrons. The van der Waals surface area contributed by atoms with Gasteiger partial charge in [0.25, 0.3) is 5.22 Å². The zero-order valence-electron chi connectivity index (χ0n) is 9.80. The van der Waals surface area contributed by atoms with Gasteiger partial charge in [-0.2, -0.15) is 0 Å². The maximum Gasteiger partial charge on any atom is 0.256 e. The predicted octanol–water partition coefficient (Wildman–Crippen LogP) is 2.77. The zero-order valence-corrected chi connectivity index (χ0v) is 10.6. The molecule has 0 radical (unpaired) electrons. The molecule has 0 spiro atoms. The van der Waals surface area contributed by atoms with Crippen molar-refractivity contribution in [3.63, 3.8) is 0 Å². The summed E-state index contributed by atoms with van der Waals surface area (Å²) in [5.74, 6) is 2.00. The van der Waals surface area contributed by atoms with Gasteiger partial charge in [-0.05, 0) is 39.8 Å². The van der Waals surface area contributed by atoms with Gasteiger partial charge in [-0.25, -0.2) is 4.98 Å². The lowest BCUT2D eigenvalue weighted by Gasteiger charge is -2.00. The Morgan fingerprint density at radius 2 is 2.13 bits per heavy atom. The van der Waals surface area contributed by atoms with E-state index in [1.807, 2.05) is 13.8 Å². The molecule has 0 aromatic carbocycles. The van der Waals surface area contributed by atoms with E-state index in [1.165, 1.54) is 6.42 Å². The van der Waals surface area contributed by atoms with E-state index in [0.29, 0.717) is 0 Å². The Morgan fingerprint density at radius 1 is 1.33 bits per heavy atom. The first-order valence-electron chi connectivity index (χ1n) is 5.51. The Hall–Kier alpha value is -0.480. The van der Waals surface area contributed by atoms with Crippen LogP contribution in [-0.2, 0) is 0 Å². The minimum absolute atomic E-state index is 0.806. The minimum atomic E-state index is 0.806. The van der Waals surface area contributed by atoms with Crippen LogP contribution in [0.4, 0.5) is 0 Å². The van der Waals surface area contributed by atoms with E-state index >= 15 is 0 Å². The van der Waals surface area contributed by atoms with Crippen LogP contribution in [0.25, 0.3) is 0 Å². The first-order chi connectivity index (χ1) is 7.24. The van der Waals surface area contributed by atoms with Crippen LogP contribution in [-0.4, -0.2) is 23.8 Å². The average Bonchev–Trinajstić information content (AvgIpc) is 2.52. The lowest BCUT2D eigenvalue weighted by atomic mass is 10.4. The Kier molecular flexibility index (Phi) is 5.79. The molecular weight excluding hydrogens is 208 g/mol. The topological polar surface area (TPSA) is 38.1 Å². The fraction of sp³-hybridized carbons (Fsp3) is 0.727. The van der Waals surface area contributed by atoms with E-state index in [2.05, 4.69) is 17.2 Å². The first kappa shape index (κ1) is 12.6. The molecule has 3 nitrogen and oxygen atoms in total. The highest BCUT2D eigenvalue weighted by atomic mass is 32.2. The number of aryl methyl sites for hydroxylation is 2. The third-order valence-corrected chi connectivity index (χ3v) is 3.07. The van der Waals surface area contributed by atoms with Gasteiger partial charge >= 0.3 is 0 Å². The molecule has 0 unspecified atom stereocenters. The molecule has 1 aromatic heterocycles. The van der Waals surface area contributed by atoms with E-state index in [9.17, 15) is 0 Å². The Labute approximate surface area is 96.0 Å². The van der Waals surface area contributed by atoms with Crippen molar-refractivity contribution in [2.75, 3.05) is 18.8 Å². The molecule has 0 bridgehead atoms. The van der Waals surface area contributed by atoms with Crippen LogP contribution in [0, 0.1) is 13.8 Å². The summed E-state index contributed by atoms with van der Waals surface area (Å²) in [5, 5.41) is 4.18. The van der Waals surface area contributed by atoms with Gasteiger partial charge in [0.2, 0.25) is 0 Å². The molecule has 4 heteroatoms. The summed E-state index contributed by atoms with van der Waals surface area (Å²) in [4.78, 5) is 4.32. The summed E-state index contributed by atoms with van der Waals surface area (Å²) < 4.78 is 5.47. The molecule has 0 saturated carbocycles. The molecule has 0 aliphatic heterocycles. The highest BCUT2D eigenvalue weighted by Gasteiger charge is 2.04. The molecular formula is C11H20N2OS. The molecule has 0 fully saturated rings. The highest BCUT2D eigenvalue weighted by molar-refractivity contribution is 7.99. The molecule has 1 aromatic rings. The van der Waals surface area contributed by atoms with Gasteiger partial charge in [-0.1, -0.05) is 18.7 Å². The molecule has 1 heterocycles.